The van der Waals surface area contributed by atoms with E-state index in [4.69, 9.17) is 5.11 Å². The fourth-order valence-corrected chi connectivity index (χ4v) is 2.24. The van der Waals surface area contributed by atoms with E-state index in [1.54, 1.807) is 24.4 Å². The summed E-state index contributed by atoms with van der Waals surface area (Å²) in [6, 6.07) is 9.32. The maximum absolute atomic E-state index is 10.9. The summed E-state index contributed by atoms with van der Waals surface area (Å²) in [5.41, 5.74) is -0.746. The second-order valence-corrected chi connectivity index (χ2v) is 4.61. The Morgan fingerprint density at radius 2 is 2.11 bits per heavy atom. The molecular weight excluding hydrogens is 268 g/mol. The van der Waals surface area contributed by atoms with Gasteiger partial charge < -0.3 is 5.11 Å². The van der Waals surface area contributed by atoms with Gasteiger partial charge in [0.15, 0.2) is 0 Å². The van der Waals surface area contributed by atoms with E-state index in [9.17, 15) is 14.9 Å². The van der Waals surface area contributed by atoms with Crippen LogP contribution < -0.4 is 0 Å². The number of carboxylic acids is 1. The van der Waals surface area contributed by atoms with Gasteiger partial charge in [-0.15, -0.1) is 0 Å². The van der Waals surface area contributed by atoms with Crippen molar-refractivity contribution in [2.75, 3.05) is 0 Å². The molecule has 2 rings (SSSR count). The highest BCUT2D eigenvalue weighted by atomic mass is 32.2. The number of rotatable bonds is 4. The highest BCUT2D eigenvalue weighted by Crippen LogP contribution is 2.30. The van der Waals surface area contributed by atoms with Crippen molar-refractivity contribution in [2.24, 2.45) is 0 Å². The number of benzene rings is 1. The number of aromatic nitrogens is 1. The van der Waals surface area contributed by atoms with Crippen LogP contribution in [-0.4, -0.2) is 21.0 Å². The van der Waals surface area contributed by atoms with E-state index in [1.165, 1.54) is 30.0 Å². The van der Waals surface area contributed by atoms with Crippen molar-refractivity contribution in [3.63, 3.8) is 0 Å². The SMILES string of the molecule is O=C(O)c1ccc(Sc2ccccn2)cc1[N+](=O)[O-]. The molecule has 19 heavy (non-hydrogen) atoms. The number of hydrogen-bond acceptors (Lipinski definition) is 5. The lowest BCUT2D eigenvalue weighted by atomic mass is 10.2. The quantitative estimate of drug-likeness (QED) is 0.681. The van der Waals surface area contributed by atoms with Crippen molar-refractivity contribution < 1.29 is 14.8 Å². The molecule has 0 aliphatic rings. The summed E-state index contributed by atoms with van der Waals surface area (Å²) in [4.78, 5) is 25.7. The highest BCUT2D eigenvalue weighted by molar-refractivity contribution is 7.99. The van der Waals surface area contributed by atoms with Crippen molar-refractivity contribution in [3.8, 4) is 0 Å². The van der Waals surface area contributed by atoms with E-state index in [2.05, 4.69) is 4.98 Å². The Morgan fingerprint density at radius 3 is 2.68 bits per heavy atom. The lowest BCUT2D eigenvalue weighted by Gasteiger charge is -2.02. The third kappa shape index (κ3) is 3.08. The summed E-state index contributed by atoms with van der Waals surface area (Å²) >= 11 is 1.23. The molecule has 0 fully saturated rings. The first-order valence-electron chi connectivity index (χ1n) is 5.18. The monoisotopic (exact) mass is 276 g/mol. The van der Waals surface area contributed by atoms with Crippen molar-refractivity contribution in [1.82, 2.24) is 4.98 Å². The Labute approximate surface area is 112 Å². The molecule has 1 aromatic carbocycles. The van der Waals surface area contributed by atoms with Gasteiger partial charge in [-0.05, 0) is 24.3 Å². The highest BCUT2D eigenvalue weighted by Gasteiger charge is 2.20. The lowest BCUT2D eigenvalue weighted by molar-refractivity contribution is -0.385. The molecule has 0 atom stereocenters. The van der Waals surface area contributed by atoms with Crippen LogP contribution in [0.15, 0.2) is 52.5 Å². The van der Waals surface area contributed by atoms with Crippen LogP contribution in [0.1, 0.15) is 10.4 Å². The van der Waals surface area contributed by atoms with Crippen molar-refractivity contribution in [2.45, 2.75) is 9.92 Å². The molecule has 1 aromatic heterocycles. The largest absolute Gasteiger partial charge is 0.477 e. The topological polar surface area (TPSA) is 93.3 Å². The third-order valence-corrected chi connectivity index (χ3v) is 3.20. The van der Waals surface area contributed by atoms with Gasteiger partial charge in [-0.1, -0.05) is 17.8 Å². The summed E-state index contributed by atoms with van der Waals surface area (Å²) < 4.78 is 0. The minimum Gasteiger partial charge on any atom is -0.477 e. The molecule has 0 saturated heterocycles. The molecule has 96 valence electrons. The van der Waals surface area contributed by atoms with Crippen LogP contribution in [0, 0.1) is 10.1 Å². The maximum atomic E-state index is 10.9. The van der Waals surface area contributed by atoms with Gasteiger partial charge in [0.25, 0.3) is 5.69 Å². The molecule has 0 aliphatic heterocycles. The summed E-state index contributed by atoms with van der Waals surface area (Å²) in [5.74, 6) is -1.32. The van der Waals surface area contributed by atoms with Gasteiger partial charge >= 0.3 is 5.97 Å². The third-order valence-electron chi connectivity index (χ3n) is 2.26. The van der Waals surface area contributed by atoms with E-state index in [-0.39, 0.29) is 5.56 Å². The van der Waals surface area contributed by atoms with Crippen LogP contribution in [-0.2, 0) is 0 Å². The van der Waals surface area contributed by atoms with E-state index >= 15 is 0 Å². The Kier molecular flexibility index (Phi) is 3.76. The molecule has 0 amide bonds. The zero-order valence-electron chi connectivity index (χ0n) is 9.52. The second-order valence-electron chi connectivity index (χ2n) is 3.51. The van der Waals surface area contributed by atoms with Crippen LogP contribution in [0.2, 0.25) is 0 Å². The molecule has 0 saturated carbocycles. The maximum Gasteiger partial charge on any atom is 0.342 e. The van der Waals surface area contributed by atoms with Crippen LogP contribution in [0.3, 0.4) is 0 Å². The summed E-state index contributed by atoms with van der Waals surface area (Å²) in [6.45, 7) is 0. The molecular formula is C12H8N2O4S. The smallest absolute Gasteiger partial charge is 0.342 e. The Hall–Kier alpha value is -2.41. The molecule has 0 radical (unpaired) electrons. The molecule has 0 spiro atoms. The normalized spacial score (nSPS) is 10.1. The van der Waals surface area contributed by atoms with Gasteiger partial charge in [0, 0.05) is 17.2 Å². The van der Waals surface area contributed by atoms with Gasteiger partial charge in [0.2, 0.25) is 0 Å². The van der Waals surface area contributed by atoms with E-state index in [0.717, 1.165) is 0 Å². The van der Waals surface area contributed by atoms with Gasteiger partial charge in [-0.3, -0.25) is 10.1 Å². The minimum absolute atomic E-state index is 0.324. The molecule has 0 unspecified atom stereocenters. The molecule has 6 nitrogen and oxygen atoms in total. The van der Waals surface area contributed by atoms with Gasteiger partial charge in [-0.25, -0.2) is 9.78 Å². The number of nitrogens with zero attached hydrogens (tertiary/aromatic N) is 2. The zero-order chi connectivity index (χ0) is 13.8. The Morgan fingerprint density at radius 1 is 1.32 bits per heavy atom. The first kappa shape index (κ1) is 13.0. The molecule has 1 N–H and O–H groups in total. The van der Waals surface area contributed by atoms with Crippen molar-refractivity contribution in [3.05, 3.63) is 58.3 Å². The van der Waals surface area contributed by atoms with Crippen LogP contribution in [0.5, 0.6) is 0 Å². The lowest BCUT2D eigenvalue weighted by Crippen LogP contribution is -2.02. The van der Waals surface area contributed by atoms with Gasteiger partial charge in [0.1, 0.15) is 10.6 Å². The number of nitro groups is 1. The van der Waals surface area contributed by atoms with Crippen LogP contribution in [0.25, 0.3) is 0 Å². The molecule has 1 heterocycles. The van der Waals surface area contributed by atoms with Crippen molar-refractivity contribution >= 4 is 23.4 Å². The fourth-order valence-electron chi connectivity index (χ4n) is 1.44. The number of hydrogen-bond donors (Lipinski definition) is 1. The number of carbonyl (C=O) groups is 1. The number of pyridine rings is 1. The van der Waals surface area contributed by atoms with Crippen LogP contribution in [0.4, 0.5) is 5.69 Å². The Balaban J connectivity index is 2.36. The minimum atomic E-state index is -1.32. The molecule has 0 aliphatic carbocycles. The molecule has 7 heteroatoms. The Bertz CT molecular complexity index is 631. The summed E-state index contributed by atoms with van der Waals surface area (Å²) in [6.07, 6.45) is 1.61. The summed E-state index contributed by atoms with van der Waals surface area (Å²) in [5, 5.41) is 20.4. The zero-order valence-corrected chi connectivity index (χ0v) is 10.3. The fraction of sp³-hybridized carbons (Fsp3) is 0. The van der Waals surface area contributed by atoms with E-state index in [1.807, 2.05) is 0 Å². The van der Waals surface area contributed by atoms with Crippen molar-refractivity contribution in [1.29, 1.82) is 0 Å². The second kappa shape index (κ2) is 5.49. The van der Waals surface area contributed by atoms with Crippen LogP contribution >= 0.6 is 11.8 Å². The van der Waals surface area contributed by atoms with Gasteiger partial charge in [-0.2, -0.15) is 0 Å². The number of nitro benzene ring substituents is 1. The van der Waals surface area contributed by atoms with E-state index < -0.39 is 16.6 Å². The predicted octanol–water partition coefficient (Wildman–Crippen LogP) is 2.84. The average molecular weight is 276 g/mol. The number of carboxylic acid groups (broad SMARTS) is 1. The van der Waals surface area contributed by atoms with E-state index in [0.29, 0.717) is 9.92 Å². The number of aromatic carboxylic acids is 1. The molecule has 0 bridgehead atoms. The predicted molar refractivity (Wildman–Crippen MR) is 68.4 cm³/mol. The molecule has 2 aromatic rings. The standard InChI is InChI=1S/C12H8N2O4S/c15-12(16)9-5-4-8(7-10(9)14(17)18)19-11-3-1-2-6-13-11/h1-7H,(H,15,16). The average Bonchev–Trinajstić information content (AvgIpc) is 2.39. The first-order valence-corrected chi connectivity index (χ1v) is 6.00. The van der Waals surface area contributed by atoms with Gasteiger partial charge in [0.05, 0.1) is 4.92 Å². The summed E-state index contributed by atoms with van der Waals surface area (Å²) in [7, 11) is 0. The first-order chi connectivity index (χ1) is 9.08.